The molecule has 1 aromatic carbocycles. The average molecular weight is 438 g/mol. The molecule has 1 N–H and O–H groups in total. The lowest BCUT2D eigenvalue weighted by atomic mass is 10.2. The molecule has 8 nitrogen and oxygen atoms in total. The Balaban J connectivity index is 1.75. The maximum absolute atomic E-state index is 12.6. The minimum atomic E-state index is -0.542. The maximum Gasteiger partial charge on any atom is 0.271 e. The van der Waals surface area contributed by atoms with Gasteiger partial charge < -0.3 is 9.88 Å². The number of anilines is 1. The van der Waals surface area contributed by atoms with E-state index in [2.05, 4.69) is 15.5 Å². The normalized spacial score (nSPS) is 12.0. The molecular weight excluding hydrogens is 422 g/mol. The highest BCUT2D eigenvalue weighted by atomic mass is 35.5. The van der Waals surface area contributed by atoms with Crippen molar-refractivity contribution in [2.45, 2.75) is 30.8 Å². The monoisotopic (exact) mass is 437 g/mol. The van der Waals surface area contributed by atoms with E-state index in [0.717, 1.165) is 10.7 Å². The SMILES string of the molecule is CCn1c(S[C@@H](C)C(=O)Nc2cc([N+](=O)[O-])ccc2Cl)nnc1-c1cccs1. The van der Waals surface area contributed by atoms with Crippen LogP contribution < -0.4 is 5.32 Å². The third-order valence-corrected chi connectivity index (χ3v) is 6.12. The first-order chi connectivity index (χ1) is 13.4. The fourth-order valence-electron chi connectivity index (χ4n) is 2.42. The summed E-state index contributed by atoms with van der Waals surface area (Å²) in [7, 11) is 0. The molecule has 0 saturated carbocycles. The number of rotatable bonds is 7. The van der Waals surface area contributed by atoms with Gasteiger partial charge in [0.05, 0.1) is 25.8 Å². The number of nitrogens with zero attached hydrogens (tertiary/aromatic N) is 4. The quantitative estimate of drug-likeness (QED) is 0.326. The third kappa shape index (κ3) is 4.34. The Morgan fingerprint density at radius 2 is 2.21 bits per heavy atom. The van der Waals surface area contributed by atoms with E-state index in [-0.39, 0.29) is 22.3 Å². The van der Waals surface area contributed by atoms with E-state index in [1.54, 1.807) is 18.3 Å². The molecule has 2 aromatic heterocycles. The van der Waals surface area contributed by atoms with Gasteiger partial charge in [-0.2, -0.15) is 0 Å². The first kappa shape index (κ1) is 20.3. The zero-order valence-electron chi connectivity index (χ0n) is 15.0. The molecule has 0 aliphatic rings. The first-order valence-corrected chi connectivity index (χ1v) is 10.4. The lowest BCUT2D eigenvalue weighted by molar-refractivity contribution is -0.384. The van der Waals surface area contributed by atoms with E-state index in [0.29, 0.717) is 11.7 Å². The standard InChI is InChI=1S/C17H16ClN5O3S2/c1-3-22-15(14-5-4-8-27-14)20-21-17(22)28-10(2)16(24)19-13-9-11(23(25)26)6-7-12(13)18/h4-10H,3H2,1-2H3,(H,19,24)/t10-/m0/s1. The molecule has 11 heteroatoms. The van der Waals surface area contributed by atoms with Crippen LogP contribution >= 0.6 is 34.7 Å². The molecule has 1 atom stereocenters. The van der Waals surface area contributed by atoms with E-state index in [1.807, 2.05) is 29.0 Å². The molecule has 0 aliphatic carbocycles. The second-order valence-electron chi connectivity index (χ2n) is 5.70. The summed E-state index contributed by atoms with van der Waals surface area (Å²) in [5.41, 5.74) is 0.0517. The molecule has 28 heavy (non-hydrogen) atoms. The Bertz CT molecular complexity index is 1010. The summed E-state index contributed by atoms with van der Waals surface area (Å²) in [5.74, 6) is 0.421. The van der Waals surface area contributed by atoms with Crippen LogP contribution in [0.4, 0.5) is 11.4 Å². The number of halogens is 1. The van der Waals surface area contributed by atoms with Gasteiger partial charge in [-0.1, -0.05) is 29.4 Å². The second kappa shape index (κ2) is 8.72. The predicted octanol–water partition coefficient (Wildman–Crippen LogP) is 4.71. The highest BCUT2D eigenvalue weighted by Gasteiger charge is 2.22. The second-order valence-corrected chi connectivity index (χ2v) is 8.36. The van der Waals surface area contributed by atoms with Gasteiger partial charge in [-0.25, -0.2) is 0 Å². The van der Waals surface area contributed by atoms with Crippen molar-refractivity contribution in [2.24, 2.45) is 0 Å². The van der Waals surface area contributed by atoms with Gasteiger partial charge in [0.1, 0.15) is 0 Å². The van der Waals surface area contributed by atoms with Gasteiger partial charge in [-0.3, -0.25) is 14.9 Å². The maximum atomic E-state index is 12.6. The van der Waals surface area contributed by atoms with Crippen molar-refractivity contribution in [3.05, 3.63) is 50.8 Å². The van der Waals surface area contributed by atoms with Gasteiger partial charge >= 0.3 is 0 Å². The van der Waals surface area contributed by atoms with Crippen molar-refractivity contribution in [1.82, 2.24) is 14.8 Å². The van der Waals surface area contributed by atoms with Gasteiger partial charge in [0, 0.05) is 18.7 Å². The van der Waals surface area contributed by atoms with E-state index in [9.17, 15) is 14.9 Å². The highest BCUT2D eigenvalue weighted by Crippen LogP contribution is 2.31. The van der Waals surface area contributed by atoms with Crippen molar-refractivity contribution in [3.63, 3.8) is 0 Å². The Hall–Kier alpha value is -2.43. The number of nitrogens with one attached hydrogen (secondary N) is 1. The topological polar surface area (TPSA) is 103 Å². The molecule has 3 aromatic rings. The van der Waals surface area contributed by atoms with E-state index in [4.69, 9.17) is 11.6 Å². The zero-order chi connectivity index (χ0) is 20.3. The lowest BCUT2D eigenvalue weighted by Crippen LogP contribution is -2.23. The van der Waals surface area contributed by atoms with Crippen molar-refractivity contribution >= 4 is 52.0 Å². The van der Waals surface area contributed by atoms with Crippen LogP contribution in [0.1, 0.15) is 13.8 Å². The van der Waals surface area contributed by atoms with Crippen molar-refractivity contribution in [2.75, 3.05) is 5.32 Å². The number of nitro groups is 1. The first-order valence-electron chi connectivity index (χ1n) is 8.29. The molecule has 1 amide bonds. The van der Waals surface area contributed by atoms with Crippen LogP contribution in [-0.4, -0.2) is 30.8 Å². The van der Waals surface area contributed by atoms with Crippen molar-refractivity contribution in [1.29, 1.82) is 0 Å². The fraction of sp³-hybridized carbons (Fsp3) is 0.235. The number of hydrogen-bond acceptors (Lipinski definition) is 7. The number of nitro benzene ring substituents is 1. The van der Waals surface area contributed by atoms with E-state index in [1.165, 1.54) is 30.0 Å². The zero-order valence-corrected chi connectivity index (χ0v) is 17.3. The van der Waals surface area contributed by atoms with Crippen LogP contribution in [0.2, 0.25) is 5.02 Å². The number of thiophene rings is 1. The molecule has 0 bridgehead atoms. The van der Waals surface area contributed by atoms with Crippen LogP contribution in [0.5, 0.6) is 0 Å². The number of non-ortho nitro benzene ring substituents is 1. The summed E-state index contributed by atoms with van der Waals surface area (Å²) >= 11 is 8.88. The Morgan fingerprint density at radius 1 is 1.43 bits per heavy atom. The van der Waals surface area contributed by atoms with Gasteiger partial charge in [0.15, 0.2) is 11.0 Å². The average Bonchev–Trinajstić information content (AvgIpc) is 3.32. The van der Waals surface area contributed by atoms with Gasteiger partial charge in [0.25, 0.3) is 5.69 Å². The number of hydrogen-bond donors (Lipinski definition) is 1. The molecule has 0 aliphatic heterocycles. The number of carbonyl (C=O) groups excluding carboxylic acids is 1. The molecule has 0 radical (unpaired) electrons. The molecule has 0 unspecified atom stereocenters. The third-order valence-electron chi connectivity index (χ3n) is 3.84. The molecule has 2 heterocycles. The summed E-state index contributed by atoms with van der Waals surface area (Å²) in [4.78, 5) is 24.0. The summed E-state index contributed by atoms with van der Waals surface area (Å²) in [6.07, 6.45) is 0. The summed E-state index contributed by atoms with van der Waals surface area (Å²) in [6, 6.07) is 7.82. The van der Waals surface area contributed by atoms with Crippen molar-refractivity contribution < 1.29 is 9.72 Å². The Morgan fingerprint density at radius 3 is 2.86 bits per heavy atom. The van der Waals surface area contributed by atoms with Crippen LogP contribution in [0, 0.1) is 10.1 Å². The Labute approximate surface area is 174 Å². The number of aromatic nitrogens is 3. The van der Waals surface area contributed by atoms with Gasteiger partial charge in [0.2, 0.25) is 5.91 Å². The summed E-state index contributed by atoms with van der Waals surface area (Å²) in [6.45, 7) is 4.37. The van der Waals surface area contributed by atoms with E-state index >= 15 is 0 Å². The highest BCUT2D eigenvalue weighted by molar-refractivity contribution is 8.00. The molecular formula is C17H16ClN5O3S2. The number of benzene rings is 1. The molecule has 0 saturated heterocycles. The molecule has 0 spiro atoms. The van der Waals surface area contributed by atoms with Crippen LogP contribution in [0.25, 0.3) is 10.7 Å². The van der Waals surface area contributed by atoms with Crippen LogP contribution in [0.3, 0.4) is 0 Å². The van der Waals surface area contributed by atoms with E-state index < -0.39 is 10.2 Å². The summed E-state index contributed by atoms with van der Waals surface area (Å²) in [5, 5.41) is 24.3. The predicted molar refractivity (Wildman–Crippen MR) is 111 cm³/mol. The van der Waals surface area contributed by atoms with Crippen LogP contribution in [-0.2, 0) is 11.3 Å². The number of thioether (sulfide) groups is 1. The van der Waals surface area contributed by atoms with Crippen LogP contribution in [0.15, 0.2) is 40.9 Å². The lowest BCUT2D eigenvalue weighted by Gasteiger charge is -2.13. The fourth-order valence-corrected chi connectivity index (χ4v) is 4.21. The smallest absolute Gasteiger partial charge is 0.271 e. The largest absolute Gasteiger partial charge is 0.324 e. The minimum Gasteiger partial charge on any atom is -0.324 e. The van der Waals surface area contributed by atoms with Gasteiger partial charge in [-0.15, -0.1) is 21.5 Å². The molecule has 146 valence electrons. The minimum absolute atomic E-state index is 0.147. The summed E-state index contributed by atoms with van der Waals surface area (Å²) < 4.78 is 1.95. The number of amides is 1. The molecule has 0 fully saturated rings. The number of carbonyl (C=O) groups is 1. The van der Waals surface area contributed by atoms with Gasteiger partial charge in [-0.05, 0) is 31.4 Å². The Kier molecular flexibility index (Phi) is 6.32. The van der Waals surface area contributed by atoms with Crippen molar-refractivity contribution in [3.8, 4) is 10.7 Å². The molecule has 3 rings (SSSR count).